The fourth-order valence-electron chi connectivity index (χ4n) is 4.27. The van der Waals surface area contributed by atoms with Crippen LogP contribution in [0, 0.1) is 5.82 Å². The normalized spacial score (nSPS) is 17.9. The first-order valence-corrected chi connectivity index (χ1v) is 10.00. The molecule has 0 aliphatic carbocycles. The Balaban J connectivity index is 1.79. The molecule has 0 spiro atoms. The molecule has 4 nitrogen and oxygen atoms in total. The van der Waals surface area contributed by atoms with E-state index in [-0.39, 0.29) is 23.9 Å². The number of hydrogen-bond donors (Lipinski definition) is 0. The Bertz CT molecular complexity index is 1080. The maximum absolute atomic E-state index is 13.7. The molecule has 0 fully saturated rings. The predicted molar refractivity (Wildman–Crippen MR) is 116 cm³/mol. The van der Waals surface area contributed by atoms with E-state index in [1.165, 1.54) is 12.1 Å². The summed E-state index contributed by atoms with van der Waals surface area (Å²) in [4.78, 5) is 29.4. The van der Waals surface area contributed by atoms with E-state index in [1.807, 2.05) is 61.5 Å². The lowest BCUT2D eigenvalue weighted by Crippen LogP contribution is -2.47. The maximum Gasteiger partial charge on any atom is 0.258 e. The van der Waals surface area contributed by atoms with E-state index in [0.717, 1.165) is 16.9 Å². The van der Waals surface area contributed by atoms with Crippen LogP contribution < -0.4 is 9.80 Å². The molecule has 2 atom stereocenters. The first-order valence-electron chi connectivity index (χ1n) is 10.00. The van der Waals surface area contributed by atoms with Crippen LogP contribution in [0.1, 0.15) is 42.2 Å². The van der Waals surface area contributed by atoms with Gasteiger partial charge in [0.05, 0.1) is 6.04 Å². The minimum Gasteiger partial charge on any atom is -0.305 e. The lowest BCUT2D eigenvalue weighted by molar-refractivity contribution is -0.117. The van der Waals surface area contributed by atoms with E-state index in [4.69, 9.17) is 0 Å². The van der Waals surface area contributed by atoms with Gasteiger partial charge in [0.1, 0.15) is 5.82 Å². The van der Waals surface area contributed by atoms with Crippen molar-refractivity contribution in [3.05, 3.63) is 95.8 Å². The van der Waals surface area contributed by atoms with Crippen molar-refractivity contribution in [2.45, 2.75) is 32.4 Å². The van der Waals surface area contributed by atoms with Crippen LogP contribution in [0.2, 0.25) is 0 Å². The monoisotopic (exact) mass is 402 g/mol. The third kappa shape index (κ3) is 3.59. The summed E-state index contributed by atoms with van der Waals surface area (Å²) in [6, 6.07) is 22.6. The van der Waals surface area contributed by atoms with E-state index < -0.39 is 5.82 Å². The number of hydrogen-bond acceptors (Lipinski definition) is 2. The molecule has 152 valence electrons. The number of rotatable bonds is 3. The first-order chi connectivity index (χ1) is 14.5. The Morgan fingerprint density at radius 1 is 0.967 bits per heavy atom. The Labute approximate surface area is 175 Å². The molecule has 4 rings (SSSR count). The Morgan fingerprint density at radius 3 is 2.37 bits per heavy atom. The average molecular weight is 402 g/mol. The van der Waals surface area contributed by atoms with Crippen molar-refractivity contribution in [1.29, 1.82) is 0 Å². The maximum atomic E-state index is 13.7. The fourth-order valence-corrected chi connectivity index (χ4v) is 4.27. The molecule has 1 aliphatic heterocycles. The fraction of sp³-hybridized carbons (Fsp3) is 0.200. The quantitative estimate of drug-likeness (QED) is 0.592. The molecule has 0 bridgehead atoms. The van der Waals surface area contributed by atoms with Crippen LogP contribution >= 0.6 is 0 Å². The van der Waals surface area contributed by atoms with Gasteiger partial charge >= 0.3 is 0 Å². The number of halogens is 1. The van der Waals surface area contributed by atoms with Crippen LogP contribution in [0.4, 0.5) is 15.8 Å². The van der Waals surface area contributed by atoms with Gasteiger partial charge in [-0.2, -0.15) is 0 Å². The lowest BCUT2D eigenvalue weighted by atomic mass is 9.89. The number of carbonyl (C=O) groups is 2. The molecule has 5 heteroatoms. The molecule has 0 N–H and O–H groups in total. The molecule has 2 amide bonds. The highest BCUT2D eigenvalue weighted by Gasteiger charge is 2.38. The second-order valence-electron chi connectivity index (χ2n) is 7.57. The molecule has 1 aliphatic rings. The van der Waals surface area contributed by atoms with E-state index in [9.17, 15) is 14.0 Å². The second kappa shape index (κ2) is 8.11. The highest BCUT2D eigenvalue weighted by atomic mass is 19.1. The molecule has 3 aromatic carbocycles. The van der Waals surface area contributed by atoms with Crippen molar-refractivity contribution in [3.63, 3.8) is 0 Å². The average Bonchev–Trinajstić information content (AvgIpc) is 2.74. The Morgan fingerprint density at radius 2 is 1.67 bits per heavy atom. The van der Waals surface area contributed by atoms with Gasteiger partial charge in [0.25, 0.3) is 5.91 Å². The third-order valence-corrected chi connectivity index (χ3v) is 5.54. The highest BCUT2D eigenvalue weighted by Crippen LogP contribution is 2.42. The number of para-hydroxylation sites is 2. The van der Waals surface area contributed by atoms with Crippen LogP contribution in [-0.4, -0.2) is 17.9 Å². The molecule has 1 heterocycles. The molecular weight excluding hydrogens is 379 g/mol. The summed E-state index contributed by atoms with van der Waals surface area (Å²) in [5.41, 5.74) is 2.78. The zero-order valence-electron chi connectivity index (χ0n) is 17.0. The molecule has 0 saturated heterocycles. The van der Waals surface area contributed by atoms with Gasteiger partial charge in [-0.05, 0) is 55.3 Å². The van der Waals surface area contributed by atoms with Crippen LogP contribution in [0.15, 0.2) is 78.9 Å². The van der Waals surface area contributed by atoms with Crippen molar-refractivity contribution < 1.29 is 14.0 Å². The van der Waals surface area contributed by atoms with Gasteiger partial charge in [-0.15, -0.1) is 0 Å². The van der Waals surface area contributed by atoms with Gasteiger partial charge in [0, 0.05) is 29.9 Å². The van der Waals surface area contributed by atoms with E-state index >= 15 is 0 Å². The standard InChI is InChI=1S/C25H23FN2O2/c1-17-15-24(28(18(2)29)21-11-4-3-5-12-21)22-13-6-7-14-23(22)27(17)25(30)19-9-8-10-20(26)16-19/h3-14,16-17,24H,15H2,1-2H3. The SMILES string of the molecule is CC(=O)N(c1ccccc1)C1CC(C)N(C(=O)c2cccc(F)c2)c2ccccc21. The Kier molecular flexibility index (Phi) is 5.36. The Hall–Kier alpha value is -3.47. The molecule has 2 unspecified atom stereocenters. The molecule has 0 aromatic heterocycles. The van der Waals surface area contributed by atoms with E-state index in [0.29, 0.717) is 12.0 Å². The van der Waals surface area contributed by atoms with Gasteiger partial charge in [0.15, 0.2) is 0 Å². The van der Waals surface area contributed by atoms with E-state index in [1.54, 1.807) is 28.9 Å². The largest absolute Gasteiger partial charge is 0.305 e. The van der Waals surface area contributed by atoms with Crippen molar-refractivity contribution in [2.24, 2.45) is 0 Å². The van der Waals surface area contributed by atoms with Crippen LogP contribution in [0.25, 0.3) is 0 Å². The summed E-state index contributed by atoms with van der Waals surface area (Å²) in [7, 11) is 0. The second-order valence-corrected chi connectivity index (χ2v) is 7.57. The summed E-state index contributed by atoms with van der Waals surface area (Å²) in [5, 5.41) is 0. The highest BCUT2D eigenvalue weighted by molar-refractivity contribution is 6.07. The summed E-state index contributed by atoms with van der Waals surface area (Å²) < 4.78 is 13.7. The number of amides is 2. The third-order valence-electron chi connectivity index (χ3n) is 5.54. The van der Waals surface area contributed by atoms with Crippen molar-refractivity contribution in [1.82, 2.24) is 0 Å². The minimum atomic E-state index is -0.441. The summed E-state index contributed by atoms with van der Waals surface area (Å²) in [6.07, 6.45) is 0.576. The first kappa shape index (κ1) is 19.8. The van der Waals surface area contributed by atoms with Gasteiger partial charge in [-0.1, -0.05) is 42.5 Å². The number of carbonyl (C=O) groups excluding carboxylic acids is 2. The number of nitrogens with zero attached hydrogens (tertiary/aromatic N) is 2. The zero-order chi connectivity index (χ0) is 21.3. The summed E-state index contributed by atoms with van der Waals surface area (Å²) in [6.45, 7) is 3.52. The smallest absolute Gasteiger partial charge is 0.258 e. The topological polar surface area (TPSA) is 40.6 Å². The zero-order valence-corrected chi connectivity index (χ0v) is 17.0. The molecule has 0 radical (unpaired) electrons. The lowest BCUT2D eigenvalue weighted by Gasteiger charge is -2.43. The molecule has 0 saturated carbocycles. The predicted octanol–water partition coefficient (Wildman–Crippen LogP) is 5.36. The van der Waals surface area contributed by atoms with Gasteiger partial charge < -0.3 is 9.80 Å². The van der Waals surface area contributed by atoms with Gasteiger partial charge in [0.2, 0.25) is 5.91 Å². The van der Waals surface area contributed by atoms with Crippen LogP contribution in [0.3, 0.4) is 0 Å². The summed E-state index contributed by atoms with van der Waals surface area (Å²) in [5.74, 6) is -0.747. The number of benzene rings is 3. The van der Waals surface area contributed by atoms with Crippen molar-refractivity contribution in [3.8, 4) is 0 Å². The molecule has 30 heavy (non-hydrogen) atoms. The number of fused-ring (bicyclic) bond motifs is 1. The minimum absolute atomic E-state index is 0.0573. The van der Waals surface area contributed by atoms with Crippen molar-refractivity contribution in [2.75, 3.05) is 9.80 Å². The summed E-state index contributed by atoms with van der Waals surface area (Å²) >= 11 is 0. The van der Waals surface area contributed by atoms with E-state index in [2.05, 4.69) is 0 Å². The molecule has 3 aromatic rings. The van der Waals surface area contributed by atoms with Gasteiger partial charge in [-0.25, -0.2) is 4.39 Å². The molecular formula is C25H23FN2O2. The van der Waals surface area contributed by atoms with Crippen LogP contribution in [0.5, 0.6) is 0 Å². The van der Waals surface area contributed by atoms with Gasteiger partial charge in [-0.3, -0.25) is 9.59 Å². The number of anilines is 2. The van der Waals surface area contributed by atoms with Crippen molar-refractivity contribution >= 4 is 23.2 Å². The van der Waals surface area contributed by atoms with Crippen LogP contribution in [-0.2, 0) is 4.79 Å².